The van der Waals surface area contributed by atoms with Crippen molar-refractivity contribution >= 4 is 22.7 Å². The van der Waals surface area contributed by atoms with Gasteiger partial charge in [0.1, 0.15) is 23.0 Å². The summed E-state index contributed by atoms with van der Waals surface area (Å²) in [6.07, 6.45) is 5.16. The van der Waals surface area contributed by atoms with Crippen LogP contribution in [0.2, 0.25) is 0 Å². The highest BCUT2D eigenvalue weighted by Gasteiger charge is 2.52. The zero-order chi connectivity index (χ0) is 30.5. The molecule has 0 aliphatic carbocycles. The molecule has 4 aliphatic rings. The lowest BCUT2D eigenvalue weighted by atomic mass is 10.1. The van der Waals surface area contributed by atoms with E-state index in [1.54, 1.807) is 39.1 Å². The Morgan fingerprint density at radius 2 is 1.02 bits per heavy atom. The van der Waals surface area contributed by atoms with Crippen LogP contribution in [-0.4, -0.2) is 42.6 Å². The van der Waals surface area contributed by atoms with Crippen LogP contribution in [0.5, 0.6) is 23.0 Å². The third-order valence-electron chi connectivity index (χ3n) is 7.87. The zero-order valence-corrected chi connectivity index (χ0v) is 26.6. The molecule has 3 aromatic carbocycles. The molecule has 228 valence electrons. The van der Waals surface area contributed by atoms with Crippen molar-refractivity contribution in [2.45, 2.75) is 0 Å². The van der Waals surface area contributed by atoms with E-state index in [4.69, 9.17) is 51.9 Å². The van der Waals surface area contributed by atoms with Crippen molar-refractivity contribution in [2.24, 2.45) is 13.5 Å². The number of benzene rings is 3. The van der Waals surface area contributed by atoms with Gasteiger partial charge in [-0.05, 0) is 54.6 Å². The predicted molar refractivity (Wildman–Crippen MR) is 172 cm³/mol. The van der Waals surface area contributed by atoms with Gasteiger partial charge in [-0.3, -0.25) is 0 Å². The third kappa shape index (κ3) is 3.52. The molecule has 3 atom stereocenters. The normalized spacial score (nSPS) is 23.9. The second-order valence-electron chi connectivity index (χ2n) is 10.6. The number of ether oxygens (including phenoxy) is 2. The van der Waals surface area contributed by atoms with Gasteiger partial charge >= 0.3 is 22.7 Å². The molecule has 4 aliphatic heterocycles. The van der Waals surface area contributed by atoms with Gasteiger partial charge in [0, 0.05) is 29.9 Å². The molecule has 0 saturated heterocycles. The van der Waals surface area contributed by atoms with E-state index in [9.17, 15) is 0 Å². The van der Waals surface area contributed by atoms with E-state index < -0.39 is 22.7 Å². The van der Waals surface area contributed by atoms with Gasteiger partial charge in [0.15, 0.2) is 6.79 Å². The Balaban J connectivity index is 1.32. The van der Waals surface area contributed by atoms with E-state index in [0.717, 1.165) is 33.8 Å². The van der Waals surface area contributed by atoms with Crippen molar-refractivity contribution in [2.75, 3.05) is 13.9 Å². The van der Waals surface area contributed by atoms with Gasteiger partial charge < -0.3 is 23.0 Å². The summed E-state index contributed by atoms with van der Waals surface area (Å²) in [6.45, 7) is 0.0819. The van der Waals surface area contributed by atoms with Crippen LogP contribution in [0, 0.1) is 0 Å². The van der Waals surface area contributed by atoms with Crippen LogP contribution >= 0.6 is 22.7 Å². The average molecular weight is 669 g/mol. The van der Waals surface area contributed by atoms with E-state index >= 15 is 0 Å². The molecule has 0 bridgehead atoms. The quantitative estimate of drug-likeness (QED) is 0.136. The summed E-state index contributed by atoms with van der Waals surface area (Å²) in [4.78, 5) is 0. The topological polar surface area (TPSA) is 137 Å². The first-order chi connectivity index (χ1) is 22.6. The molecule has 10 rings (SSSR count). The highest BCUT2D eigenvalue weighted by atomic mass is 31.3. The minimum Gasteiger partial charge on any atom is -0.467 e. The highest BCUT2D eigenvalue weighted by Crippen LogP contribution is 2.82. The fourth-order valence-corrected chi connectivity index (χ4v) is 17.2. The van der Waals surface area contributed by atoms with Crippen LogP contribution in [0.4, 0.5) is 0 Å². The third-order valence-corrected chi connectivity index (χ3v) is 17.2. The second kappa shape index (κ2) is 9.34. The Morgan fingerprint density at radius 1 is 0.565 bits per heavy atom. The Hall–Kier alpha value is -4.86. The maximum atomic E-state index is 6.99. The summed E-state index contributed by atoms with van der Waals surface area (Å²) in [5.74, 6) is 2.34. The first-order valence-corrected chi connectivity index (χ1v) is 18.9. The van der Waals surface area contributed by atoms with E-state index in [1.165, 1.54) is 0 Å². The van der Waals surface area contributed by atoms with Crippen LogP contribution < -0.4 is 18.3 Å². The van der Waals surface area contributed by atoms with Gasteiger partial charge in [0.25, 0.3) is 0 Å². The monoisotopic (exact) mass is 669 g/mol. The molecular weight excluding hydrogens is 647 g/mol. The van der Waals surface area contributed by atoms with Crippen molar-refractivity contribution in [3.63, 3.8) is 0 Å². The summed E-state index contributed by atoms with van der Waals surface area (Å²) in [6, 6.07) is 26.9. The standard InChI is InChI=1S/C29H22N9O5P3/c1-39-19-40-20-10-11-23-26-14-17-32-38(26)46(43-29(23)18-20)34-44(36-24(12-15-30-36)21-6-2-4-8-27(21)41-44)33-45(35-46)37-25(13-16-31-37)22-7-3-5-9-28(22)42-45/h2-18H,19H2,1H3/t44-,45+,46-. The van der Waals surface area contributed by atoms with E-state index in [0.29, 0.717) is 23.0 Å². The van der Waals surface area contributed by atoms with Crippen LogP contribution in [-0.2, 0) is 4.74 Å². The Morgan fingerprint density at radius 3 is 1.52 bits per heavy atom. The fraction of sp³-hybridized carbons (Fsp3) is 0.0690. The van der Waals surface area contributed by atoms with Gasteiger partial charge in [-0.25, -0.2) is 0 Å². The molecule has 0 fully saturated rings. The van der Waals surface area contributed by atoms with Crippen LogP contribution in [0.15, 0.2) is 117 Å². The molecule has 0 radical (unpaired) electrons. The first kappa shape index (κ1) is 26.4. The van der Waals surface area contributed by atoms with E-state index in [1.807, 2.05) is 84.9 Å². The van der Waals surface area contributed by atoms with Crippen LogP contribution in [0.3, 0.4) is 0 Å². The molecule has 0 saturated carbocycles. The maximum absolute atomic E-state index is 6.99. The Labute approximate surface area is 261 Å². The molecular formula is C29H22N9O5P3. The summed E-state index contributed by atoms with van der Waals surface area (Å²) < 4.78 is 53.3. The van der Waals surface area contributed by atoms with Crippen molar-refractivity contribution < 1.29 is 23.0 Å². The lowest BCUT2D eigenvalue weighted by Crippen LogP contribution is -2.20. The number of nitrogens with zero attached hydrogens (tertiary/aromatic N) is 9. The number of hydrogen-bond acceptors (Lipinski definition) is 11. The lowest BCUT2D eigenvalue weighted by Gasteiger charge is -2.39. The number of rotatable bonds is 3. The first-order valence-electron chi connectivity index (χ1n) is 14.2. The number of aromatic nitrogens is 6. The average Bonchev–Trinajstić information content (AvgIpc) is 3.86. The summed E-state index contributed by atoms with van der Waals surface area (Å²) >= 11 is 0. The number of methoxy groups -OCH3 is 1. The molecule has 14 nitrogen and oxygen atoms in total. The number of fused-ring (bicyclic) bond motifs is 12. The van der Waals surface area contributed by atoms with Crippen LogP contribution in [0.1, 0.15) is 0 Å². The van der Waals surface area contributed by atoms with E-state index in [-0.39, 0.29) is 6.79 Å². The molecule has 46 heavy (non-hydrogen) atoms. The fourth-order valence-electron chi connectivity index (χ4n) is 5.98. The zero-order valence-electron chi connectivity index (χ0n) is 23.9. The summed E-state index contributed by atoms with van der Waals surface area (Å²) in [7, 11) is -8.99. The SMILES string of the molecule is COCOc1ccc2c(c1)O[P@]1(=N[P@]3(=N[P@]4(=N1)Oc1ccccc1-c1ccnn14)Oc1ccccc1-c1ccnn13)n1nccc1-2. The van der Waals surface area contributed by atoms with Crippen molar-refractivity contribution in [3.8, 4) is 56.8 Å². The minimum absolute atomic E-state index is 0.0819. The molecule has 0 amide bonds. The smallest absolute Gasteiger partial charge is 0.385 e. The summed E-state index contributed by atoms with van der Waals surface area (Å²) in [5, 5.41) is 14.3. The van der Waals surface area contributed by atoms with Crippen molar-refractivity contribution in [1.82, 2.24) is 28.7 Å². The van der Waals surface area contributed by atoms with Gasteiger partial charge in [-0.15, -0.1) is 13.5 Å². The molecule has 3 spiro atoms. The van der Waals surface area contributed by atoms with Crippen LogP contribution in [0.25, 0.3) is 33.8 Å². The lowest BCUT2D eigenvalue weighted by molar-refractivity contribution is 0.0510. The van der Waals surface area contributed by atoms with Gasteiger partial charge in [0.2, 0.25) is 0 Å². The van der Waals surface area contributed by atoms with Gasteiger partial charge in [-0.1, -0.05) is 24.3 Å². The Bertz CT molecular complexity index is 2340. The second-order valence-corrected chi connectivity index (χ2v) is 17.5. The molecule has 6 aromatic rings. The minimum atomic E-state index is -3.56. The van der Waals surface area contributed by atoms with Crippen molar-refractivity contribution in [1.29, 1.82) is 0 Å². The molecule has 7 heterocycles. The van der Waals surface area contributed by atoms with Crippen molar-refractivity contribution in [3.05, 3.63) is 104 Å². The molecule has 0 unspecified atom stereocenters. The van der Waals surface area contributed by atoms with Gasteiger partial charge in [-0.2, -0.15) is 28.7 Å². The largest absolute Gasteiger partial charge is 0.467 e. The maximum Gasteiger partial charge on any atom is 0.385 e. The Kier molecular flexibility index (Phi) is 5.35. The van der Waals surface area contributed by atoms with Gasteiger partial charge in [0.05, 0.1) is 35.7 Å². The van der Waals surface area contributed by atoms with E-state index in [2.05, 4.69) is 0 Å². The highest BCUT2D eigenvalue weighted by molar-refractivity contribution is 7.82. The molecule has 3 aromatic heterocycles. The molecule has 0 N–H and O–H groups in total. The molecule has 17 heteroatoms. The number of para-hydroxylation sites is 2. The number of hydrogen-bond donors (Lipinski definition) is 0. The predicted octanol–water partition coefficient (Wildman–Crippen LogP) is 8.23. The summed E-state index contributed by atoms with van der Waals surface area (Å²) in [5.41, 5.74) is 4.96.